The second-order valence-electron chi connectivity index (χ2n) is 3.70. The molecule has 0 spiro atoms. The van der Waals surface area contributed by atoms with Crippen LogP contribution in [0.2, 0.25) is 0 Å². The van der Waals surface area contributed by atoms with E-state index in [0.717, 1.165) is 0 Å². The van der Waals surface area contributed by atoms with Crippen LogP contribution in [0.15, 0.2) is 18.2 Å². The summed E-state index contributed by atoms with van der Waals surface area (Å²) in [6.07, 6.45) is 0. The van der Waals surface area contributed by atoms with Gasteiger partial charge in [-0.1, -0.05) is 0 Å². The maximum absolute atomic E-state index is 10.7. The molecule has 0 saturated carbocycles. The molecule has 92 valence electrons. The number of benzene rings is 1. The third-order valence-corrected chi connectivity index (χ3v) is 2.56. The molecule has 1 aromatic heterocycles. The predicted octanol–water partition coefficient (Wildman–Crippen LogP) is 1.21. The van der Waals surface area contributed by atoms with Crippen molar-refractivity contribution >= 4 is 5.97 Å². The summed E-state index contributed by atoms with van der Waals surface area (Å²) in [7, 11) is 0. The van der Waals surface area contributed by atoms with Crippen molar-refractivity contribution < 1.29 is 24.5 Å². The summed E-state index contributed by atoms with van der Waals surface area (Å²) in [6.45, 7) is 0.0489. The van der Waals surface area contributed by atoms with Gasteiger partial charge in [-0.25, -0.2) is 4.79 Å². The third-order valence-electron chi connectivity index (χ3n) is 2.56. The minimum atomic E-state index is -1.10. The molecule has 0 saturated heterocycles. The molecule has 1 aromatic carbocycles. The number of nitrogens with one attached hydrogen (secondary N) is 1. The topological polar surface area (TPSA) is 105 Å². The average molecular weight is 248 g/mol. The number of nitrogens with zero attached hydrogens (tertiary/aromatic N) is 1. The molecule has 3 rings (SSSR count). The lowest BCUT2D eigenvalue weighted by molar-refractivity contribution is 0.0690. The molecule has 1 aliphatic rings. The number of rotatable bonds is 2. The highest BCUT2D eigenvalue weighted by Crippen LogP contribution is 2.43. The van der Waals surface area contributed by atoms with E-state index < -0.39 is 5.97 Å². The normalized spacial score (nSPS) is 12.7. The molecule has 1 aliphatic heterocycles. The van der Waals surface area contributed by atoms with E-state index in [-0.39, 0.29) is 24.0 Å². The Labute approximate surface area is 101 Å². The predicted molar refractivity (Wildman–Crippen MR) is 58.8 cm³/mol. The number of carbonyl (C=O) groups is 1. The molecule has 2 aromatic rings. The zero-order valence-corrected chi connectivity index (χ0v) is 9.01. The lowest BCUT2D eigenvalue weighted by Crippen LogP contribution is -1.95. The third kappa shape index (κ3) is 1.53. The van der Waals surface area contributed by atoms with E-state index in [1.165, 1.54) is 12.1 Å². The van der Waals surface area contributed by atoms with Gasteiger partial charge in [0.15, 0.2) is 11.5 Å². The Kier molecular flexibility index (Phi) is 2.12. The first-order chi connectivity index (χ1) is 8.65. The van der Waals surface area contributed by atoms with Gasteiger partial charge >= 0.3 is 5.97 Å². The van der Waals surface area contributed by atoms with Gasteiger partial charge in [0, 0.05) is 5.56 Å². The van der Waals surface area contributed by atoms with Gasteiger partial charge in [-0.15, -0.1) is 0 Å². The van der Waals surface area contributed by atoms with E-state index in [1.807, 2.05) is 0 Å². The van der Waals surface area contributed by atoms with Crippen LogP contribution in [-0.4, -0.2) is 33.2 Å². The van der Waals surface area contributed by atoms with Crippen molar-refractivity contribution in [2.24, 2.45) is 0 Å². The Hall–Kier alpha value is -2.70. The van der Waals surface area contributed by atoms with Crippen molar-refractivity contribution in [2.75, 3.05) is 6.79 Å². The molecule has 0 bridgehead atoms. The van der Waals surface area contributed by atoms with Crippen LogP contribution in [0.1, 0.15) is 10.5 Å². The van der Waals surface area contributed by atoms with Crippen LogP contribution in [0.5, 0.6) is 17.2 Å². The standard InChI is InChI=1S/C11H8N2O5/c14-8-1-5(2-9-10(8)18-4-17-9)6-3-7(11(15)16)13-12-6/h1-3,14H,4H2,(H,12,13)(H,15,16). The molecule has 7 nitrogen and oxygen atoms in total. The number of aromatic nitrogens is 2. The smallest absolute Gasteiger partial charge is 0.353 e. The highest BCUT2D eigenvalue weighted by Gasteiger charge is 2.20. The number of aromatic hydroxyl groups is 1. The summed E-state index contributed by atoms with van der Waals surface area (Å²) in [5.41, 5.74) is 0.920. The lowest BCUT2D eigenvalue weighted by atomic mass is 10.1. The molecule has 2 heterocycles. The molecular formula is C11H8N2O5. The van der Waals surface area contributed by atoms with Crippen molar-refractivity contribution in [3.05, 3.63) is 23.9 Å². The van der Waals surface area contributed by atoms with Gasteiger partial charge in [-0.3, -0.25) is 5.10 Å². The number of fused-ring (bicyclic) bond motifs is 1. The minimum Gasteiger partial charge on any atom is -0.504 e. The van der Waals surface area contributed by atoms with E-state index >= 15 is 0 Å². The molecule has 3 N–H and O–H groups in total. The summed E-state index contributed by atoms with van der Waals surface area (Å²) in [4.78, 5) is 10.7. The number of H-pyrrole nitrogens is 1. The number of carboxylic acids is 1. The Morgan fingerprint density at radius 3 is 2.89 bits per heavy atom. The van der Waals surface area contributed by atoms with E-state index in [2.05, 4.69) is 10.2 Å². The summed E-state index contributed by atoms with van der Waals surface area (Å²) < 4.78 is 10.2. The maximum Gasteiger partial charge on any atom is 0.353 e. The van der Waals surface area contributed by atoms with E-state index in [1.54, 1.807) is 6.07 Å². The van der Waals surface area contributed by atoms with Crippen LogP contribution in [0.3, 0.4) is 0 Å². The molecule has 0 unspecified atom stereocenters. The fraction of sp³-hybridized carbons (Fsp3) is 0.0909. The van der Waals surface area contributed by atoms with Gasteiger partial charge < -0.3 is 19.7 Å². The van der Waals surface area contributed by atoms with Crippen molar-refractivity contribution in [2.45, 2.75) is 0 Å². The first-order valence-electron chi connectivity index (χ1n) is 5.07. The number of hydrogen-bond acceptors (Lipinski definition) is 5. The number of phenols is 1. The summed E-state index contributed by atoms with van der Waals surface area (Å²) in [5.74, 6) is -0.476. The van der Waals surface area contributed by atoms with Crippen LogP contribution < -0.4 is 9.47 Å². The number of carboxylic acid groups (broad SMARTS) is 1. The molecule has 0 amide bonds. The monoisotopic (exact) mass is 248 g/mol. The first-order valence-corrected chi connectivity index (χ1v) is 5.07. The van der Waals surface area contributed by atoms with Crippen LogP contribution in [-0.2, 0) is 0 Å². The SMILES string of the molecule is O=C(O)c1cc(-c2cc(O)c3c(c2)OCO3)n[nH]1. The molecular weight excluding hydrogens is 240 g/mol. The summed E-state index contributed by atoms with van der Waals surface area (Å²) in [6, 6.07) is 4.44. The Morgan fingerprint density at radius 1 is 1.33 bits per heavy atom. The molecule has 0 radical (unpaired) electrons. The quantitative estimate of drug-likeness (QED) is 0.737. The number of hydrogen-bond donors (Lipinski definition) is 3. The summed E-state index contributed by atoms with van der Waals surface area (Å²) >= 11 is 0. The second kappa shape index (κ2) is 3.66. The van der Waals surface area contributed by atoms with Crippen LogP contribution in [0.4, 0.5) is 0 Å². The average Bonchev–Trinajstić information content (AvgIpc) is 2.97. The zero-order valence-electron chi connectivity index (χ0n) is 9.01. The van der Waals surface area contributed by atoms with E-state index in [9.17, 15) is 9.90 Å². The Balaban J connectivity index is 2.06. The van der Waals surface area contributed by atoms with Crippen molar-refractivity contribution in [1.29, 1.82) is 0 Å². The molecule has 0 atom stereocenters. The van der Waals surface area contributed by atoms with Crippen LogP contribution in [0.25, 0.3) is 11.3 Å². The highest BCUT2D eigenvalue weighted by atomic mass is 16.7. The van der Waals surface area contributed by atoms with Gasteiger partial charge in [0.1, 0.15) is 5.69 Å². The van der Waals surface area contributed by atoms with Crippen LogP contribution in [0, 0.1) is 0 Å². The fourth-order valence-electron chi connectivity index (χ4n) is 1.72. The second-order valence-corrected chi connectivity index (χ2v) is 3.70. The van der Waals surface area contributed by atoms with Crippen molar-refractivity contribution in [3.63, 3.8) is 0 Å². The van der Waals surface area contributed by atoms with Gasteiger partial charge in [-0.05, 0) is 18.2 Å². The van der Waals surface area contributed by atoms with Gasteiger partial charge in [0.05, 0.1) is 5.69 Å². The van der Waals surface area contributed by atoms with Gasteiger partial charge in [0.2, 0.25) is 12.5 Å². The zero-order chi connectivity index (χ0) is 12.7. The highest BCUT2D eigenvalue weighted by molar-refractivity contribution is 5.87. The summed E-state index contributed by atoms with van der Waals surface area (Å²) in [5, 5.41) is 24.8. The molecule has 0 aliphatic carbocycles. The number of phenolic OH excluding ortho intramolecular Hbond substituents is 1. The molecule has 7 heteroatoms. The van der Waals surface area contributed by atoms with Gasteiger partial charge in [-0.2, -0.15) is 5.10 Å². The van der Waals surface area contributed by atoms with Crippen molar-refractivity contribution in [1.82, 2.24) is 10.2 Å². The fourth-order valence-corrected chi connectivity index (χ4v) is 1.72. The first kappa shape index (κ1) is 10.5. The van der Waals surface area contributed by atoms with E-state index in [4.69, 9.17) is 14.6 Å². The lowest BCUT2D eigenvalue weighted by Gasteiger charge is -2.02. The number of aromatic amines is 1. The number of aromatic carboxylic acids is 1. The molecule has 18 heavy (non-hydrogen) atoms. The maximum atomic E-state index is 10.7. The number of ether oxygens (including phenoxy) is 2. The van der Waals surface area contributed by atoms with Crippen molar-refractivity contribution in [3.8, 4) is 28.5 Å². The van der Waals surface area contributed by atoms with Gasteiger partial charge in [0.25, 0.3) is 0 Å². The largest absolute Gasteiger partial charge is 0.504 e. The Bertz CT molecular complexity index is 634. The minimum absolute atomic E-state index is 0.0258. The van der Waals surface area contributed by atoms with E-state index in [0.29, 0.717) is 17.0 Å². The molecule has 0 fully saturated rings. The Morgan fingerprint density at radius 2 is 2.17 bits per heavy atom. The van der Waals surface area contributed by atoms with Crippen LogP contribution >= 0.6 is 0 Å².